The molecule has 96 valence electrons. The van der Waals surface area contributed by atoms with Crippen LogP contribution in [0.1, 0.15) is 5.56 Å². The maximum Gasteiger partial charge on any atom is 0.119 e. The molecule has 2 nitrogen and oxygen atoms in total. The lowest BCUT2D eigenvalue weighted by Crippen LogP contribution is -1.98. The molecule has 3 aromatic rings. The van der Waals surface area contributed by atoms with Crippen molar-refractivity contribution in [3.63, 3.8) is 0 Å². The van der Waals surface area contributed by atoms with E-state index in [1.54, 1.807) is 7.11 Å². The normalized spacial score (nSPS) is 10.8. The van der Waals surface area contributed by atoms with Gasteiger partial charge in [-0.25, -0.2) is 0 Å². The molecule has 1 aromatic heterocycles. The maximum absolute atomic E-state index is 6.21. The van der Waals surface area contributed by atoms with Crippen LogP contribution < -0.4 is 4.74 Å². The van der Waals surface area contributed by atoms with Crippen LogP contribution in [0.5, 0.6) is 5.75 Å². The van der Waals surface area contributed by atoms with Gasteiger partial charge in [0.15, 0.2) is 0 Å². The summed E-state index contributed by atoms with van der Waals surface area (Å²) in [4.78, 5) is 0. The van der Waals surface area contributed by atoms with Gasteiger partial charge in [-0.1, -0.05) is 29.8 Å². The molecule has 19 heavy (non-hydrogen) atoms. The van der Waals surface area contributed by atoms with Crippen LogP contribution in [0.3, 0.4) is 0 Å². The SMILES string of the molecule is COc1ccc2c(ccn2Cc2ccccc2Cl)c1. The molecular weight excluding hydrogens is 258 g/mol. The van der Waals surface area contributed by atoms with Crippen molar-refractivity contribution in [2.24, 2.45) is 0 Å². The summed E-state index contributed by atoms with van der Waals surface area (Å²) in [7, 11) is 1.68. The highest BCUT2D eigenvalue weighted by Gasteiger charge is 2.05. The second-order valence-electron chi connectivity index (χ2n) is 4.46. The molecule has 0 unspecified atom stereocenters. The molecule has 0 saturated heterocycles. The van der Waals surface area contributed by atoms with Gasteiger partial charge in [-0.05, 0) is 35.9 Å². The van der Waals surface area contributed by atoms with E-state index >= 15 is 0 Å². The van der Waals surface area contributed by atoms with Crippen molar-refractivity contribution in [1.29, 1.82) is 0 Å². The fraction of sp³-hybridized carbons (Fsp3) is 0.125. The second-order valence-corrected chi connectivity index (χ2v) is 4.87. The lowest BCUT2D eigenvalue weighted by molar-refractivity contribution is 0.415. The number of aromatic nitrogens is 1. The molecular formula is C16H14ClNO. The third kappa shape index (κ3) is 2.32. The molecule has 2 aromatic carbocycles. The number of ether oxygens (including phenoxy) is 1. The Morgan fingerprint density at radius 2 is 1.95 bits per heavy atom. The van der Waals surface area contributed by atoms with Crippen LogP contribution in [-0.2, 0) is 6.54 Å². The number of fused-ring (bicyclic) bond motifs is 1. The van der Waals surface area contributed by atoms with Crippen LogP contribution in [-0.4, -0.2) is 11.7 Å². The topological polar surface area (TPSA) is 14.2 Å². The van der Waals surface area contributed by atoms with Gasteiger partial charge >= 0.3 is 0 Å². The van der Waals surface area contributed by atoms with E-state index in [1.165, 1.54) is 10.9 Å². The third-order valence-electron chi connectivity index (χ3n) is 3.28. The fourth-order valence-corrected chi connectivity index (χ4v) is 2.45. The van der Waals surface area contributed by atoms with Crippen molar-refractivity contribution in [2.75, 3.05) is 7.11 Å². The van der Waals surface area contributed by atoms with Gasteiger partial charge in [-0.15, -0.1) is 0 Å². The van der Waals surface area contributed by atoms with Crippen LogP contribution in [0.4, 0.5) is 0 Å². The Balaban J connectivity index is 2.00. The molecule has 0 aliphatic rings. The highest BCUT2D eigenvalue weighted by molar-refractivity contribution is 6.31. The largest absolute Gasteiger partial charge is 0.497 e. The Labute approximate surface area is 117 Å². The Morgan fingerprint density at radius 1 is 1.11 bits per heavy atom. The number of halogens is 1. The summed E-state index contributed by atoms with van der Waals surface area (Å²) in [6.45, 7) is 0.773. The quantitative estimate of drug-likeness (QED) is 0.691. The Hall–Kier alpha value is -1.93. The summed E-state index contributed by atoms with van der Waals surface area (Å²) in [5, 5.41) is 1.98. The number of nitrogens with zero attached hydrogens (tertiary/aromatic N) is 1. The Bertz CT molecular complexity index is 718. The van der Waals surface area contributed by atoms with Gasteiger partial charge in [0.2, 0.25) is 0 Å². The lowest BCUT2D eigenvalue weighted by Gasteiger charge is -2.08. The molecule has 0 N–H and O–H groups in total. The van der Waals surface area contributed by atoms with E-state index < -0.39 is 0 Å². The minimum Gasteiger partial charge on any atom is -0.497 e. The van der Waals surface area contributed by atoms with Crippen LogP contribution in [0, 0.1) is 0 Å². The summed E-state index contributed by atoms with van der Waals surface area (Å²) < 4.78 is 7.43. The molecule has 0 saturated carbocycles. The highest BCUT2D eigenvalue weighted by atomic mass is 35.5. The van der Waals surface area contributed by atoms with E-state index in [0.717, 1.165) is 22.9 Å². The van der Waals surface area contributed by atoms with Gasteiger partial charge in [0.1, 0.15) is 5.75 Å². The van der Waals surface area contributed by atoms with Crippen molar-refractivity contribution < 1.29 is 4.74 Å². The van der Waals surface area contributed by atoms with Crippen molar-refractivity contribution >= 4 is 22.5 Å². The molecule has 3 rings (SSSR count). The average Bonchev–Trinajstić information content (AvgIpc) is 2.83. The van der Waals surface area contributed by atoms with E-state index in [0.29, 0.717) is 0 Å². The van der Waals surface area contributed by atoms with Crippen molar-refractivity contribution in [1.82, 2.24) is 4.57 Å². The first kappa shape index (κ1) is 12.1. The molecule has 1 heterocycles. The summed E-state index contributed by atoms with van der Waals surface area (Å²) in [5.74, 6) is 0.878. The number of rotatable bonds is 3. The highest BCUT2D eigenvalue weighted by Crippen LogP contribution is 2.24. The summed E-state index contributed by atoms with van der Waals surface area (Å²) in [6.07, 6.45) is 2.08. The van der Waals surface area contributed by atoms with Gasteiger partial charge < -0.3 is 9.30 Å². The smallest absolute Gasteiger partial charge is 0.119 e. The summed E-state index contributed by atoms with van der Waals surface area (Å²) in [5.41, 5.74) is 2.30. The minimum absolute atomic E-state index is 0.773. The van der Waals surface area contributed by atoms with Crippen LogP contribution in [0.2, 0.25) is 5.02 Å². The van der Waals surface area contributed by atoms with E-state index in [2.05, 4.69) is 29.0 Å². The Morgan fingerprint density at radius 3 is 2.74 bits per heavy atom. The standard InChI is InChI=1S/C16H14ClNO/c1-19-14-6-7-16-12(10-14)8-9-18(16)11-13-4-2-3-5-15(13)17/h2-10H,11H2,1H3. The van der Waals surface area contributed by atoms with Crippen LogP contribution in [0.15, 0.2) is 54.7 Å². The zero-order chi connectivity index (χ0) is 13.2. The average molecular weight is 272 g/mol. The fourth-order valence-electron chi connectivity index (χ4n) is 2.25. The zero-order valence-electron chi connectivity index (χ0n) is 10.6. The molecule has 0 spiro atoms. The maximum atomic E-state index is 6.21. The van der Waals surface area contributed by atoms with E-state index in [-0.39, 0.29) is 0 Å². The third-order valence-corrected chi connectivity index (χ3v) is 3.65. The van der Waals surface area contributed by atoms with Crippen molar-refractivity contribution in [3.8, 4) is 5.75 Å². The first-order valence-corrected chi connectivity index (χ1v) is 6.52. The predicted octanol–water partition coefficient (Wildman–Crippen LogP) is 4.35. The zero-order valence-corrected chi connectivity index (χ0v) is 11.4. The van der Waals surface area contributed by atoms with Crippen molar-refractivity contribution in [2.45, 2.75) is 6.54 Å². The summed E-state index contributed by atoms with van der Waals surface area (Å²) in [6, 6.07) is 16.1. The lowest BCUT2D eigenvalue weighted by atomic mass is 10.2. The number of methoxy groups -OCH3 is 1. The molecule has 0 bridgehead atoms. The van der Waals surface area contributed by atoms with E-state index in [1.807, 2.05) is 30.3 Å². The van der Waals surface area contributed by atoms with Crippen LogP contribution >= 0.6 is 11.6 Å². The minimum atomic E-state index is 0.773. The molecule has 0 aliphatic carbocycles. The van der Waals surface area contributed by atoms with E-state index in [9.17, 15) is 0 Å². The molecule has 0 aliphatic heterocycles. The van der Waals surface area contributed by atoms with Gasteiger partial charge in [0.05, 0.1) is 7.11 Å². The molecule has 0 atom stereocenters. The molecule has 0 radical (unpaired) electrons. The molecule has 0 fully saturated rings. The van der Waals surface area contributed by atoms with Crippen molar-refractivity contribution in [3.05, 3.63) is 65.3 Å². The van der Waals surface area contributed by atoms with Gasteiger partial charge in [0, 0.05) is 28.7 Å². The number of hydrogen-bond acceptors (Lipinski definition) is 1. The van der Waals surface area contributed by atoms with Gasteiger partial charge in [-0.2, -0.15) is 0 Å². The predicted molar refractivity (Wildman–Crippen MR) is 79.0 cm³/mol. The Kier molecular flexibility index (Phi) is 3.18. The van der Waals surface area contributed by atoms with Gasteiger partial charge in [-0.3, -0.25) is 0 Å². The van der Waals surface area contributed by atoms with Crippen LogP contribution in [0.25, 0.3) is 10.9 Å². The summed E-state index contributed by atoms with van der Waals surface area (Å²) >= 11 is 6.21. The first-order chi connectivity index (χ1) is 9.28. The van der Waals surface area contributed by atoms with Gasteiger partial charge in [0.25, 0.3) is 0 Å². The molecule has 3 heteroatoms. The number of benzene rings is 2. The van der Waals surface area contributed by atoms with E-state index in [4.69, 9.17) is 16.3 Å². The first-order valence-electron chi connectivity index (χ1n) is 6.14. The monoisotopic (exact) mass is 271 g/mol. The second kappa shape index (κ2) is 4.98. The number of hydrogen-bond donors (Lipinski definition) is 0. The molecule has 0 amide bonds.